The first-order valence-electron chi connectivity index (χ1n) is 6.22. The summed E-state index contributed by atoms with van der Waals surface area (Å²) in [6.45, 7) is 7.78. The molecule has 100 valence electrons. The Hall–Kier alpha value is -1.06. The van der Waals surface area contributed by atoms with Crippen LogP contribution in [0.3, 0.4) is 0 Å². The second kappa shape index (κ2) is 6.76. The van der Waals surface area contributed by atoms with E-state index in [-0.39, 0.29) is 24.0 Å². The van der Waals surface area contributed by atoms with E-state index in [1.165, 1.54) is 0 Å². The topological polar surface area (TPSA) is 41.1 Å². The maximum atomic E-state index is 11.8. The summed E-state index contributed by atoms with van der Waals surface area (Å²) in [5.41, 5.74) is 1.08. The summed E-state index contributed by atoms with van der Waals surface area (Å²) in [7, 11) is 0. The van der Waals surface area contributed by atoms with Gasteiger partial charge in [0, 0.05) is 17.1 Å². The molecule has 0 saturated heterocycles. The fourth-order valence-corrected chi connectivity index (χ4v) is 1.93. The summed E-state index contributed by atoms with van der Waals surface area (Å²) in [6, 6.07) is 7.66. The van der Waals surface area contributed by atoms with E-state index in [9.17, 15) is 4.79 Å². The quantitative estimate of drug-likeness (QED) is 0.862. The molecule has 0 aliphatic heterocycles. The number of carbonyl (C=O) groups is 1. The zero-order chi connectivity index (χ0) is 13.7. The van der Waals surface area contributed by atoms with Crippen molar-refractivity contribution >= 4 is 17.5 Å². The second-order valence-corrected chi connectivity index (χ2v) is 5.26. The van der Waals surface area contributed by atoms with Gasteiger partial charge in [0.1, 0.15) is 0 Å². The fraction of sp³-hybridized carbons (Fsp3) is 0.500. The van der Waals surface area contributed by atoms with E-state index in [1.54, 1.807) is 0 Å². The summed E-state index contributed by atoms with van der Waals surface area (Å²) in [4.78, 5) is 11.8. The van der Waals surface area contributed by atoms with Crippen LogP contribution in [-0.4, -0.2) is 18.0 Å². The van der Waals surface area contributed by atoms with E-state index in [1.807, 2.05) is 52.0 Å². The van der Waals surface area contributed by atoms with Gasteiger partial charge in [-0.05, 0) is 45.4 Å². The maximum absolute atomic E-state index is 11.8. The lowest BCUT2D eigenvalue weighted by atomic mass is 10.1. The largest absolute Gasteiger partial charge is 0.353 e. The molecular formula is C14H21ClN2O. The molecule has 4 heteroatoms. The van der Waals surface area contributed by atoms with Crippen LogP contribution in [0.4, 0.5) is 0 Å². The van der Waals surface area contributed by atoms with Gasteiger partial charge in [0.25, 0.3) is 0 Å². The molecule has 3 nitrogen and oxygen atoms in total. The van der Waals surface area contributed by atoms with Crippen LogP contribution in [0.1, 0.15) is 39.3 Å². The Morgan fingerprint density at radius 1 is 1.22 bits per heavy atom. The fourth-order valence-electron chi connectivity index (χ4n) is 1.73. The van der Waals surface area contributed by atoms with Crippen LogP contribution >= 0.6 is 11.6 Å². The van der Waals surface area contributed by atoms with Gasteiger partial charge in [0.05, 0.1) is 6.04 Å². The van der Waals surface area contributed by atoms with Crippen LogP contribution in [0, 0.1) is 0 Å². The van der Waals surface area contributed by atoms with Crippen molar-refractivity contribution in [1.82, 2.24) is 10.6 Å². The minimum Gasteiger partial charge on any atom is -0.353 e. The normalized spacial score (nSPS) is 14.3. The van der Waals surface area contributed by atoms with Gasteiger partial charge in [-0.25, -0.2) is 0 Å². The average Bonchev–Trinajstić information content (AvgIpc) is 2.27. The smallest absolute Gasteiger partial charge is 0.237 e. The van der Waals surface area contributed by atoms with Crippen molar-refractivity contribution in [2.75, 3.05) is 0 Å². The van der Waals surface area contributed by atoms with Crippen LogP contribution in [0.5, 0.6) is 0 Å². The Morgan fingerprint density at radius 2 is 1.89 bits per heavy atom. The van der Waals surface area contributed by atoms with Crippen molar-refractivity contribution in [3.63, 3.8) is 0 Å². The highest BCUT2D eigenvalue weighted by Crippen LogP contribution is 2.17. The monoisotopic (exact) mass is 268 g/mol. The highest BCUT2D eigenvalue weighted by molar-refractivity contribution is 6.30. The summed E-state index contributed by atoms with van der Waals surface area (Å²) in [5.74, 6) is 0.0129. The zero-order valence-corrected chi connectivity index (χ0v) is 12.1. The molecule has 0 aromatic heterocycles. The predicted molar refractivity (Wildman–Crippen MR) is 75.7 cm³/mol. The van der Waals surface area contributed by atoms with Crippen LogP contribution in [0.25, 0.3) is 0 Å². The van der Waals surface area contributed by atoms with Gasteiger partial charge in [-0.1, -0.05) is 23.7 Å². The third kappa shape index (κ3) is 4.67. The molecule has 0 bridgehead atoms. The molecule has 0 saturated carbocycles. The number of amides is 1. The van der Waals surface area contributed by atoms with Gasteiger partial charge < -0.3 is 5.32 Å². The molecule has 1 amide bonds. The Labute approximate surface area is 114 Å². The van der Waals surface area contributed by atoms with Crippen molar-refractivity contribution in [3.8, 4) is 0 Å². The number of halogens is 1. The molecule has 1 aromatic rings. The third-order valence-electron chi connectivity index (χ3n) is 2.67. The SMILES string of the molecule is CC(C)NC(=O)[C@H](C)N[C@H](C)c1cccc(Cl)c1. The Kier molecular flexibility index (Phi) is 5.63. The molecule has 18 heavy (non-hydrogen) atoms. The molecule has 0 heterocycles. The Bertz CT molecular complexity index is 407. The van der Waals surface area contributed by atoms with E-state index in [0.29, 0.717) is 5.02 Å². The van der Waals surface area contributed by atoms with Crippen molar-refractivity contribution < 1.29 is 4.79 Å². The van der Waals surface area contributed by atoms with Crippen molar-refractivity contribution in [1.29, 1.82) is 0 Å². The molecule has 0 spiro atoms. The third-order valence-corrected chi connectivity index (χ3v) is 2.91. The predicted octanol–water partition coefficient (Wildman–Crippen LogP) is 2.90. The van der Waals surface area contributed by atoms with E-state index in [0.717, 1.165) is 5.56 Å². The molecule has 0 aliphatic carbocycles. The lowest BCUT2D eigenvalue weighted by Crippen LogP contribution is -2.45. The van der Waals surface area contributed by atoms with Gasteiger partial charge >= 0.3 is 0 Å². The van der Waals surface area contributed by atoms with Gasteiger partial charge in [0.15, 0.2) is 0 Å². The highest BCUT2D eigenvalue weighted by Gasteiger charge is 2.16. The summed E-state index contributed by atoms with van der Waals surface area (Å²) < 4.78 is 0. The first-order valence-corrected chi connectivity index (χ1v) is 6.60. The standard InChI is InChI=1S/C14H21ClN2O/c1-9(2)16-14(18)11(4)17-10(3)12-6-5-7-13(15)8-12/h5-11,17H,1-4H3,(H,16,18)/t10-,11+/m1/s1. The maximum Gasteiger partial charge on any atom is 0.237 e. The highest BCUT2D eigenvalue weighted by atomic mass is 35.5. The minimum absolute atomic E-state index is 0.0129. The molecule has 0 radical (unpaired) electrons. The first-order chi connectivity index (χ1) is 8.40. The Balaban J connectivity index is 2.59. The van der Waals surface area contributed by atoms with E-state index in [2.05, 4.69) is 10.6 Å². The molecular weight excluding hydrogens is 248 g/mol. The summed E-state index contributed by atoms with van der Waals surface area (Å²) >= 11 is 5.95. The summed E-state index contributed by atoms with van der Waals surface area (Å²) in [5, 5.41) is 6.85. The van der Waals surface area contributed by atoms with E-state index >= 15 is 0 Å². The second-order valence-electron chi connectivity index (χ2n) is 4.83. The molecule has 1 rings (SSSR count). The average molecular weight is 269 g/mol. The molecule has 0 unspecified atom stereocenters. The minimum atomic E-state index is -0.235. The number of hydrogen-bond donors (Lipinski definition) is 2. The van der Waals surface area contributed by atoms with Crippen LogP contribution in [0.2, 0.25) is 5.02 Å². The number of carbonyl (C=O) groups excluding carboxylic acids is 1. The van der Waals surface area contributed by atoms with E-state index in [4.69, 9.17) is 11.6 Å². The summed E-state index contributed by atoms with van der Waals surface area (Å²) in [6.07, 6.45) is 0. The van der Waals surface area contributed by atoms with Crippen LogP contribution in [-0.2, 0) is 4.79 Å². The molecule has 1 aromatic carbocycles. The molecule has 0 aliphatic rings. The number of hydrogen-bond acceptors (Lipinski definition) is 2. The lowest BCUT2D eigenvalue weighted by molar-refractivity contribution is -0.123. The van der Waals surface area contributed by atoms with Crippen molar-refractivity contribution in [3.05, 3.63) is 34.9 Å². The molecule has 2 N–H and O–H groups in total. The van der Waals surface area contributed by atoms with Gasteiger partial charge in [0.2, 0.25) is 5.91 Å². The van der Waals surface area contributed by atoms with Crippen molar-refractivity contribution in [2.24, 2.45) is 0 Å². The van der Waals surface area contributed by atoms with Crippen LogP contribution in [0.15, 0.2) is 24.3 Å². The lowest BCUT2D eigenvalue weighted by Gasteiger charge is -2.21. The number of rotatable bonds is 5. The van der Waals surface area contributed by atoms with E-state index < -0.39 is 0 Å². The van der Waals surface area contributed by atoms with Gasteiger partial charge in [-0.3, -0.25) is 10.1 Å². The first kappa shape index (κ1) is 15.0. The zero-order valence-electron chi connectivity index (χ0n) is 11.3. The Morgan fingerprint density at radius 3 is 2.44 bits per heavy atom. The van der Waals surface area contributed by atoms with Crippen molar-refractivity contribution in [2.45, 2.75) is 45.8 Å². The van der Waals surface area contributed by atoms with Crippen LogP contribution < -0.4 is 10.6 Å². The van der Waals surface area contributed by atoms with Gasteiger partial charge in [-0.2, -0.15) is 0 Å². The number of nitrogens with one attached hydrogen (secondary N) is 2. The van der Waals surface area contributed by atoms with Gasteiger partial charge in [-0.15, -0.1) is 0 Å². The molecule has 0 fully saturated rings. The molecule has 2 atom stereocenters. The number of benzene rings is 1.